The Bertz CT molecular complexity index is 1420. The van der Waals surface area contributed by atoms with Crippen molar-refractivity contribution < 1.29 is 15.0 Å². The molecule has 37 heavy (non-hydrogen) atoms. The number of nitrogens with zero attached hydrogens (tertiary/aromatic N) is 3. The number of aromatic carboxylic acids is 1. The van der Waals surface area contributed by atoms with E-state index in [9.17, 15) is 19.8 Å². The quantitative estimate of drug-likeness (QED) is 0.370. The van der Waals surface area contributed by atoms with Crippen LogP contribution >= 0.6 is 23.2 Å². The molecule has 2 N–H and O–H groups in total. The predicted molar refractivity (Wildman–Crippen MR) is 147 cm³/mol. The van der Waals surface area contributed by atoms with Gasteiger partial charge in [-0.25, -0.2) is 4.79 Å². The molecule has 0 saturated carbocycles. The van der Waals surface area contributed by atoms with Gasteiger partial charge in [-0.3, -0.25) is 9.78 Å². The van der Waals surface area contributed by atoms with Crippen LogP contribution in [0.25, 0.3) is 10.9 Å². The smallest absolute Gasteiger partial charge is 0.343 e. The first-order valence-electron chi connectivity index (χ1n) is 11.8. The molecule has 1 aliphatic rings. The minimum Gasteiger partial charge on any atom is -0.477 e. The van der Waals surface area contributed by atoms with E-state index < -0.39 is 17.1 Å². The fourth-order valence-electron chi connectivity index (χ4n) is 4.58. The van der Waals surface area contributed by atoms with Crippen LogP contribution in [0.3, 0.4) is 0 Å². The van der Waals surface area contributed by atoms with Crippen LogP contribution in [0.4, 0.5) is 5.69 Å². The van der Waals surface area contributed by atoms with E-state index >= 15 is 0 Å². The van der Waals surface area contributed by atoms with Gasteiger partial charge in [-0.2, -0.15) is 0 Å². The molecular formula is C28H27Cl2N3O4. The number of pyridine rings is 2. The monoisotopic (exact) mass is 539 g/mol. The van der Waals surface area contributed by atoms with E-state index in [4.69, 9.17) is 23.2 Å². The van der Waals surface area contributed by atoms with Crippen molar-refractivity contribution in [3.8, 4) is 0 Å². The van der Waals surface area contributed by atoms with Gasteiger partial charge in [0.2, 0.25) is 0 Å². The lowest BCUT2D eigenvalue weighted by molar-refractivity contribution is 0.0157. The van der Waals surface area contributed by atoms with Gasteiger partial charge in [0.25, 0.3) is 5.56 Å². The van der Waals surface area contributed by atoms with Crippen molar-refractivity contribution >= 4 is 45.8 Å². The minimum atomic E-state index is -1.29. The predicted octanol–water partition coefficient (Wildman–Crippen LogP) is 5.20. The molecule has 9 heteroatoms. The van der Waals surface area contributed by atoms with E-state index in [1.165, 1.54) is 4.57 Å². The summed E-state index contributed by atoms with van der Waals surface area (Å²) in [6, 6.07) is 20.6. The maximum Gasteiger partial charge on any atom is 0.343 e. The summed E-state index contributed by atoms with van der Waals surface area (Å²) in [4.78, 5) is 31.0. The van der Waals surface area contributed by atoms with Crippen molar-refractivity contribution in [1.29, 1.82) is 0 Å². The first-order valence-corrected chi connectivity index (χ1v) is 12.6. The van der Waals surface area contributed by atoms with Crippen molar-refractivity contribution in [3.05, 3.63) is 105 Å². The Morgan fingerprint density at radius 2 is 1.59 bits per heavy atom. The first kappa shape index (κ1) is 26.7. The number of rotatable bonds is 4. The Morgan fingerprint density at radius 1 is 1.00 bits per heavy atom. The lowest BCUT2D eigenvalue weighted by Gasteiger charge is -2.40. The third kappa shape index (κ3) is 6.13. The fraction of sp³-hybridized carbons (Fsp3) is 0.250. The number of benzene rings is 2. The van der Waals surface area contributed by atoms with Gasteiger partial charge in [-0.1, -0.05) is 59.6 Å². The van der Waals surface area contributed by atoms with Crippen molar-refractivity contribution in [2.45, 2.75) is 24.9 Å². The molecule has 0 radical (unpaired) electrons. The summed E-state index contributed by atoms with van der Waals surface area (Å²) in [7, 11) is 1.54. The van der Waals surface area contributed by atoms with Gasteiger partial charge in [0.05, 0.1) is 21.8 Å². The van der Waals surface area contributed by atoms with Crippen LogP contribution < -0.4 is 10.5 Å². The molecule has 0 amide bonds. The van der Waals surface area contributed by atoms with Crippen molar-refractivity contribution in [2.24, 2.45) is 7.05 Å². The molecule has 5 rings (SSSR count). The molecule has 0 atom stereocenters. The van der Waals surface area contributed by atoms with Crippen LogP contribution in [0.15, 0.2) is 77.7 Å². The number of aromatic nitrogens is 2. The Hall–Kier alpha value is -3.39. The molecule has 0 bridgehead atoms. The van der Waals surface area contributed by atoms with Gasteiger partial charge in [0.15, 0.2) is 0 Å². The number of hydrogen-bond donors (Lipinski definition) is 2. The molecule has 0 aliphatic carbocycles. The number of hydrogen-bond acceptors (Lipinski definition) is 5. The third-order valence-corrected chi connectivity index (χ3v) is 6.98. The SMILES string of the molecule is Cn1c(=O)c(C(=O)O)c(N2CCC(O)(Cc3ccc(Cl)cn3)CC2)c2cc(Cl)ccc21.c1ccccc1. The summed E-state index contributed by atoms with van der Waals surface area (Å²) in [5.41, 5.74) is -0.170. The van der Waals surface area contributed by atoms with E-state index in [-0.39, 0.29) is 5.56 Å². The summed E-state index contributed by atoms with van der Waals surface area (Å²) in [5, 5.41) is 22.5. The van der Waals surface area contributed by atoms with E-state index in [1.54, 1.807) is 43.6 Å². The van der Waals surface area contributed by atoms with E-state index in [1.807, 2.05) is 41.3 Å². The van der Waals surface area contributed by atoms with Gasteiger partial charge in [-0.15, -0.1) is 0 Å². The molecular weight excluding hydrogens is 513 g/mol. The third-order valence-electron chi connectivity index (χ3n) is 6.52. The van der Waals surface area contributed by atoms with Gasteiger partial charge in [-0.05, 0) is 43.2 Å². The molecule has 0 unspecified atom stereocenters. The normalized spacial score (nSPS) is 14.6. The first-order chi connectivity index (χ1) is 17.7. The number of carboxylic acids is 1. The van der Waals surface area contributed by atoms with E-state index in [0.717, 1.165) is 5.69 Å². The van der Waals surface area contributed by atoms with Gasteiger partial charge in [0.1, 0.15) is 5.56 Å². The average molecular weight is 540 g/mol. The average Bonchev–Trinajstić information content (AvgIpc) is 2.89. The van der Waals surface area contributed by atoms with Gasteiger partial charge >= 0.3 is 5.97 Å². The second-order valence-corrected chi connectivity index (χ2v) is 9.94. The van der Waals surface area contributed by atoms with E-state index in [0.29, 0.717) is 59.0 Å². The van der Waals surface area contributed by atoms with Crippen LogP contribution in [-0.2, 0) is 13.5 Å². The highest BCUT2D eigenvalue weighted by Gasteiger charge is 2.35. The Balaban J connectivity index is 0.000000469. The van der Waals surface area contributed by atoms with Crippen LogP contribution in [0.2, 0.25) is 10.0 Å². The highest BCUT2D eigenvalue weighted by molar-refractivity contribution is 6.31. The molecule has 1 saturated heterocycles. The molecule has 2 aromatic carbocycles. The summed E-state index contributed by atoms with van der Waals surface area (Å²) in [5.74, 6) is -1.29. The lowest BCUT2D eigenvalue weighted by atomic mass is 9.86. The number of anilines is 1. The summed E-state index contributed by atoms with van der Waals surface area (Å²) in [6.07, 6.45) is 2.71. The Labute approximate surface area is 224 Å². The molecule has 1 aliphatic heterocycles. The largest absolute Gasteiger partial charge is 0.477 e. The zero-order valence-corrected chi connectivity index (χ0v) is 21.8. The number of aliphatic hydroxyl groups is 1. The number of piperidine rings is 1. The van der Waals surface area contributed by atoms with Crippen LogP contribution in [0.1, 0.15) is 28.9 Å². The summed E-state index contributed by atoms with van der Waals surface area (Å²) < 4.78 is 1.32. The minimum absolute atomic E-state index is 0.290. The Kier molecular flexibility index (Phi) is 8.17. The van der Waals surface area contributed by atoms with Gasteiger partial charge < -0.3 is 19.7 Å². The molecule has 7 nitrogen and oxygen atoms in total. The second kappa shape index (κ2) is 11.3. The van der Waals surface area contributed by atoms with Crippen LogP contribution in [0, 0.1) is 0 Å². The topological polar surface area (TPSA) is 95.7 Å². The zero-order chi connectivity index (χ0) is 26.6. The van der Waals surface area contributed by atoms with Crippen LogP contribution in [-0.4, -0.2) is 44.4 Å². The van der Waals surface area contributed by atoms with Crippen molar-refractivity contribution in [3.63, 3.8) is 0 Å². The van der Waals surface area contributed by atoms with Gasteiger partial charge in [0, 0.05) is 48.9 Å². The molecule has 2 aromatic heterocycles. The molecule has 1 fully saturated rings. The van der Waals surface area contributed by atoms with E-state index in [2.05, 4.69) is 4.98 Å². The standard InChI is InChI=1S/C22H21Cl2N3O4.C6H6/c1-26-17-5-3-13(23)10-16(17)19(18(20(26)28)21(29)30)27-8-6-22(31,7-9-27)11-15-4-2-14(24)12-25-15;1-2-4-6-5-3-1/h2-5,10,12,31H,6-9,11H2,1H3,(H,29,30);1-6H. The maximum absolute atomic E-state index is 12.8. The number of aryl methyl sites for hydroxylation is 1. The fourth-order valence-corrected chi connectivity index (χ4v) is 4.86. The number of halogens is 2. The molecule has 0 spiro atoms. The summed E-state index contributed by atoms with van der Waals surface area (Å²) >= 11 is 12.1. The number of carbonyl (C=O) groups is 1. The molecule has 3 heterocycles. The van der Waals surface area contributed by atoms with Crippen LogP contribution in [0.5, 0.6) is 0 Å². The highest BCUT2D eigenvalue weighted by Crippen LogP contribution is 2.35. The van der Waals surface area contributed by atoms with Crippen molar-refractivity contribution in [1.82, 2.24) is 9.55 Å². The number of carboxylic acid groups (broad SMARTS) is 1. The molecule has 4 aromatic rings. The second-order valence-electron chi connectivity index (χ2n) is 9.07. The lowest BCUT2D eigenvalue weighted by Crippen LogP contribution is -2.47. The Morgan fingerprint density at radius 3 is 2.14 bits per heavy atom. The molecule has 192 valence electrons. The van der Waals surface area contributed by atoms with Crippen molar-refractivity contribution in [2.75, 3.05) is 18.0 Å². The highest BCUT2D eigenvalue weighted by atomic mass is 35.5. The zero-order valence-electron chi connectivity index (χ0n) is 20.3. The maximum atomic E-state index is 12.8. The number of fused-ring (bicyclic) bond motifs is 1. The summed E-state index contributed by atoms with van der Waals surface area (Å²) in [6.45, 7) is 0.776.